The van der Waals surface area contributed by atoms with Gasteiger partial charge in [-0.2, -0.15) is 4.98 Å². The predicted molar refractivity (Wildman–Crippen MR) is 136 cm³/mol. The Bertz CT molecular complexity index is 1380. The standard InChI is InChI=1S/C26H22BrN5O2/c1-16-22(24(33)28-15-17-9-3-2-4-10-17)23(18-11-5-6-12-19(18)27)31-25(29-16)32-26-30-20-13-7-8-14-21(20)34-26/h2-14,23H,15H2,1H3,(H,28,33)(H2,29,30,31,32). The first kappa shape index (κ1) is 21.9. The first-order valence-corrected chi connectivity index (χ1v) is 11.6. The van der Waals surface area contributed by atoms with Crippen LogP contribution in [0.2, 0.25) is 0 Å². The lowest BCUT2D eigenvalue weighted by atomic mass is 9.95. The van der Waals surface area contributed by atoms with Crippen LogP contribution in [0, 0.1) is 0 Å². The van der Waals surface area contributed by atoms with Crippen molar-refractivity contribution in [3.05, 3.63) is 106 Å². The fourth-order valence-electron chi connectivity index (χ4n) is 3.86. The van der Waals surface area contributed by atoms with E-state index in [0.717, 1.165) is 21.1 Å². The summed E-state index contributed by atoms with van der Waals surface area (Å²) in [6, 6.07) is 24.9. The third-order valence-corrected chi connectivity index (χ3v) is 6.22. The molecule has 2 heterocycles. The number of carbonyl (C=O) groups excluding carboxylic acids is 1. The third kappa shape index (κ3) is 4.58. The molecule has 5 rings (SSSR count). The largest absolute Gasteiger partial charge is 0.423 e. The summed E-state index contributed by atoms with van der Waals surface area (Å²) in [7, 11) is 0. The van der Waals surface area contributed by atoms with Crippen molar-refractivity contribution in [2.75, 3.05) is 5.32 Å². The molecule has 34 heavy (non-hydrogen) atoms. The zero-order valence-corrected chi connectivity index (χ0v) is 20.0. The molecule has 1 unspecified atom stereocenters. The van der Waals surface area contributed by atoms with E-state index < -0.39 is 6.04 Å². The van der Waals surface area contributed by atoms with Crippen molar-refractivity contribution in [1.29, 1.82) is 0 Å². The number of carbonyl (C=O) groups is 1. The van der Waals surface area contributed by atoms with Gasteiger partial charge in [0.15, 0.2) is 5.58 Å². The Hall–Kier alpha value is -3.91. The second-order valence-corrected chi connectivity index (χ2v) is 8.70. The molecular formula is C26H22BrN5O2. The Morgan fingerprint density at radius 3 is 2.56 bits per heavy atom. The minimum atomic E-state index is -0.528. The number of benzene rings is 3. The van der Waals surface area contributed by atoms with E-state index in [4.69, 9.17) is 9.41 Å². The number of fused-ring (bicyclic) bond motifs is 1. The monoisotopic (exact) mass is 515 g/mol. The highest BCUT2D eigenvalue weighted by atomic mass is 79.9. The molecule has 1 aliphatic rings. The van der Waals surface area contributed by atoms with Crippen LogP contribution in [0.1, 0.15) is 24.1 Å². The number of anilines is 1. The average molecular weight is 516 g/mol. The van der Waals surface area contributed by atoms with Gasteiger partial charge in [-0.15, -0.1) is 0 Å². The van der Waals surface area contributed by atoms with Crippen LogP contribution < -0.4 is 16.0 Å². The molecular weight excluding hydrogens is 494 g/mol. The minimum absolute atomic E-state index is 0.181. The molecule has 1 aromatic heterocycles. The van der Waals surface area contributed by atoms with Gasteiger partial charge in [-0.25, -0.2) is 4.99 Å². The van der Waals surface area contributed by atoms with E-state index in [1.165, 1.54) is 0 Å². The van der Waals surface area contributed by atoms with Crippen molar-refractivity contribution in [2.24, 2.45) is 4.99 Å². The highest BCUT2D eigenvalue weighted by molar-refractivity contribution is 9.10. The van der Waals surface area contributed by atoms with Crippen molar-refractivity contribution >= 4 is 44.9 Å². The number of nitrogens with zero attached hydrogens (tertiary/aromatic N) is 2. The smallest absolute Gasteiger partial charge is 0.302 e. The molecule has 1 atom stereocenters. The maximum atomic E-state index is 13.3. The molecule has 0 radical (unpaired) electrons. The Labute approximate surface area is 205 Å². The van der Waals surface area contributed by atoms with Gasteiger partial charge in [-0.3, -0.25) is 10.1 Å². The summed E-state index contributed by atoms with van der Waals surface area (Å²) < 4.78 is 6.65. The van der Waals surface area contributed by atoms with Crippen LogP contribution in [-0.2, 0) is 11.3 Å². The van der Waals surface area contributed by atoms with E-state index >= 15 is 0 Å². The summed E-state index contributed by atoms with van der Waals surface area (Å²) in [6.07, 6.45) is 0. The number of amides is 1. The molecule has 1 amide bonds. The zero-order chi connectivity index (χ0) is 23.5. The molecule has 0 bridgehead atoms. The lowest BCUT2D eigenvalue weighted by Crippen LogP contribution is -2.39. The number of para-hydroxylation sites is 2. The number of rotatable bonds is 5. The van der Waals surface area contributed by atoms with E-state index in [2.05, 4.69) is 36.9 Å². The Morgan fingerprint density at radius 2 is 1.76 bits per heavy atom. The fourth-order valence-corrected chi connectivity index (χ4v) is 4.36. The number of halogens is 1. The van der Waals surface area contributed by atoms with Gasteiger partial charge in [-0.05, 0) is 36.2 Å². The van der Waals surface area contributed by atoms with Crippen LogP contribution in [0.25, 0.3) is 11.1 Å². The minimum Gasteiger partial charge on any atom is -0.423 e. The van der Waals surface area contributed by atoms with Gasteiger partial charge >= 0.3 is 6.01 Å². The summed E-state index contributed by atoms with van der Waals surface area (Å²) in [4.78, 5) is 22.6. The molecule has 0 fully saturated rings. The third-order valence-electron chi connectivity index (χ3n) is 5.50. The average Bonchev–Trinajstić information content (AvgIpc) is 3.25. The Morgan fingerprint density at radius 1 is 1.03 bits per heavy atom. The van der Waals surface area contributed by atoms with Crippen molar-refractivity contribution in [2.45, 2.75) is 19.5 Å². The molecule has 3 N–H and O–H groups in total. The van der Waals surface area contributed by atoms with Crippen LogP contribution >= 0.6 is 15.9 Å². The van der Waals surface area contributed by atoms with Crippen molar-refractivity contribution < 1.29 is 9.21 Å². The molecule has 8 heteroatoms. The molecule has 0 saturated heterocycles. The second kappa shape index (κ2) is 9.52. The van der Waals surface area contributed by atoms with E-state index in [-0.39, 0.29) is 5.91 Å². The van der Waals surface area contributed by atoms with Gasteiger partial charge in [0.1, 0.15) is 11.6 Å². The van der Waals surface area contributed by atoms with E-state index in [1.54, 1.807) is 0 Å². The summed E-state index contributed by atoms with van der Waals surface area (Å²) >= 11 is 3.62. The van der Waals surface area contributed by atoms with Gasteiger partial charge < -0.3 is 15.1 Å². The number of allylic oxidation sites excluding steroid dienone is 1. The quantitative estimate of drug-likeness (QED) is 0.335. The summed E-state index contributed by atoms with van der Waals surface area (Å²) in [5.74, 6) is 0.267. The van der Waals surface area contributed by atoms with Crippen molar-refractivity contribution in [3.8, 4) is 0 Å². The van der Waals surface area contributed by atoms with Gasteiger partial charge in [0.05, 0.1) is 5.57 Å². The molecule has 0 spiro atoms. The number of oxazole rings is 1. The van der Waals surface area contributed by atoms with E-state index in [9.17, 15) is 4.79 Å². The lowest BCUT2D eigenvalue weighted by Gasteiger charge is -2.27. The summed E-state index contributed by atoms with van der Waals surface area (Å²) in [5.41, 5.74) is 4.57. The number of nitrogens with one attached hydrogen (secondary N) is 3. The SMILES string of the molecule is CC1=C(C(=O)NCc2ccccc2)C(c2ccccc2Br)N=C(Nc2nc3ccccc3o2)N1. The van der Waals surface area contributed by atoms with Crippen molar-refractivity contribution in [3.63, 3.8) is 0 Å². The predicted octanol–water partition coefficient (Wildman–Crippen LogP) is 5.29. The van der Waals surface area contributed by atoms with E-state index in [0.29, 0.717) is 35.4 Å². The number of hydrogen-bond donors (Lipinski definition) is 3. The van der Waals surface area contributed by atoms with Gasteiger partial charge in [-0.1, -0.05) is 76.6 Å². The lowest BCUT2D eigenvalue weighted by molar-refractivity contribution is -0.118. The van der Waals surface area contributed by atoms with Crippen LogP contribution in [0.15, 0.2) is 104 Å². The molecule has 0 aliphatic carbocycles. The highest BCUT2D eigenvalue weighted by Gasteiger charge is 2.30. The number of aromatic nitrogens is 1. The van der Waals surface area contributed by atoms with Crippen LogP contribution in [-0.4, -0.2) is 16.9 Å². The number of hydrogen-bond acceptors (Lipinski definition) is 6. The second-order valence-electron chi connectivity index (χ2n) is 7.85. The van der Waals surface area contributed by atoms with Crippen molar-refractivity contribution in [1.82, 2.24) is 15.6 Å². The van der Waals surface area contributed by atoms with Crippen LogP contribution in [0.4, 0.5) is 6.01 Å². The normalized spacial score (nSPS) is 15.6. The molecule has 1 aliphatic heterocycles. The van der Waals surface area contributed by atoms with Gasteiger partial charge in [0.2, 0.25) is 5.96 Å². The van der Waals surface area contributed by atoms with Crippen LogP contribution in [0.5, 0.6) is 0 Å². The van der Waals surface area contributed by atoms with Gasteiger partial charge in [0, 0.05) is 16.7 Å². The van der Waals surface area contributed by atoms with Crippen LogP contribution in [0.3, 0.4) is 0 Å². The molecule has 7 nitrogen and oxygen atoms in total. The zero-order valence-electron chi connectivity index (χ0n) is 18.4. The first-order valence-electron chi connectivity index (χ1n) is 10.8. The highest BCUT2D eigenvalue weighted by Crippen LogP contribution is 2.35. The molecule has 0 saturated carbocycles. The first-order chi connectivity index (χ1) is 16.6. The molecule has 170 valence electrons. The number of guanidine groups is 1. The summed E-state index contributed by atoms with van der Waals surface area (Å²) in [5, 5.41) is 9.35. The topological polar surface area (TPSA) is 91.5 Å². The van der Waals surface area contributed by atoms with E-state index in [1.807, 2.05) is 85.8 Å². The Balaban J connectivity index is 1.45. The molecule has 3 aromatic carbocycles. The van der Waals surface area contributed by atoms with Gasteiger partial charge in [0.25, 0.3) is 5.91 Å². The summed E-state index contributed by atoms with van der Waals surface area (Å²) in [6.45, 7) is 2.29. The fraction of sp³-hybridized carbons (Fsp3) is 0.115. The Kier molecular flexibility index (Phi) is 6.14. The number of aliphatic imine (C=N–C) groups is 1. The molecule has 4 aromatic rings. The maximum Gasteiger partial charge on any atom is 0.302 e. The maximum absolute atomic E-state index is 13.3.